The maximum Gasteiger partial charge on any atom is 0.196 e. The van der Waals surface area contributed by atoms with Crippen molar-refractivity contribution < 1.29 is 9.52 Å². The lowest BCUT2D eigenvalue weighted by Gasteiger charge is -2.05. The first-order valence-electron chi connectivity index (χ1n) is 7.12. The number of phenols is 1. The van der Waals surface area contributed by atoms with Gasteiger partial charge in [0, 0.05) is 17.5 Å². The third-order valence-corrected chi connectivity index (χ3v) is 3.80. The Morgan fingerprint density at radius 2 is 1.86 bits per heavy atom. The molecule has 0 fully saturated rings. The SMILES string of the molecule is O=c1cc(CCCc2cccc(Cl)c2)oc2cccc(O)c12. The van der Waals surface area contributed by atoms with Crippen LogP contribution in [0.3, 0.4) is 0 Å². The Kier molecular flexibility index (Phi) is 4.16. The zero-order valence-corrected chi connectivity index (χ0v) is 12.6. The second-order valence-electron chi connectivity index (χ2n) is 5.21. The molecule has 3 nitrogen and oxygen atoms in total. The topological polar surface area (TPSA) is 50.4 Å². The van der Waals surface area contributed by atoms with Gasteiger partial charge in [0.2, 0.25) is 0 Å². The fourth-order valence-corrected chi connectivity index (χ4v) is 2.74. The second kappa shape index (κ2) is 6.24. The van der Waals surface area contributed by atoms with E-state index in [0.29, 0.717) is 17.8 Å². The minimum atomic E-state index is -0.211. The van der Waals surface area contributed by atoms with Crippen molar-refractivity contribution in [1.29, 1.82) is 0 Å². The van der Waals surface area contributed by atoms with Crippen molar-refractivity contribution in [3.63, 3.8) is 0 Å². The zero-order chi connectivity index (χ0) is 15.5. The summed E-state index contributed by atoms with van der Waals surface area (Å²) in [5.74, 6) is 0.585. The molecule has 4 heteroatoms. The number of hydrogen-bond donors (Lipinski definition) is 1. The third kappa shape index (κ3) is 3.15. The summed E-state index contributed by atoms with van der Waals surface area (Å²) < 4.78 is 5.70. The largest absolute Gasteiger partial charge is 0.507 e. The number of aryl methyl sites for hydroxylation is 2. The summed E-state index contributed by atoms with van der Waals surface area (Å²) in [7, 11) is 0. The lowest BCUT2D eigenvalue weighted by Crippen LogP contribution is -2.03. The van der Waals surface area contributed by atoms with Gasteiger partial charge in [-0.05, 0) is 42.7 Å². The van der Waals surface area contributed by atoms with E-state index in [1.54, 1.807) is 12.1 Å². The van der Waals surface area contributed by atoms with E-state index >= 15 is 0 Å². The van der Waals surface area contributed by atoms with Gasteiger partial charge in [-0.25, -0.2) is 0 Å². The summed E-state index contributed by atoms with van der Waals surface area (Å²) in [5.41, 5.74) is 1.37. The predicted octanol–water partition coefficient (Wildman–Crippen LogP) is 4.33. The van der Waals surface area contributed by atoms with Crippen LogP contribution in [-0.4, -0.2) is 5.11 Å². The van der Waals surface area contributed by atoms with Gasteiger partial charge in [0.1, 0.15) is 22.5 Å². The molecule has 3 rings (SSSR count). The monoisotopic (exact) mass is 314 g/mol. The van der Waals surface area contributed by atoms with E-state index in [2.05, 4.69) is 0 Å². The highest BCUT2D eigenvalue weighted by atomic mass is 35.5. The van der Waals surface area contributed by atoms with Gasteiger partial charge in [-0.3, -0.25) is 4.79 Å². The van der Waals surface area contributed by atoms with Crippen LogP contribution in [0.5, 0.6) is 5.75 Å². The van der Waals surface area contributed by atoms with E-state index in [9.17, 15) is 9.90 Å². The van der Waals surface area contributed by atoms with Crippen molar-refractivity contribution in [3.8, 4) is 5.75 Å². The maximum absolute atomic E-state index is 12.1. The minimum Gasteiger partial charge on any atom is -0.507 e. The molecule has 22 heavy (non-hydrogen) atoms. The quantitative estimate of drug-likeness (QED) is 0.780. The van der Waals surface area contributed by atoms with E-state index in [0.717, 1.165) is 23.4 Å². The van der Waals surface area contributed by atoms with Crippen molar-refractivity contribution in [2.45, 2.75) is 19.3 Å². The van der Waals surface area contributed by atoms with Gasteiger partial charge >= 0.3 is 0 Å². The molecule has 0 aliphatic rings. The van der Waals surface area contributed by atoms with Crippen molar-refractivity contribution in [2.24, 2.45) is 0 Å². The summed E-state index contributed by atoms with van der Waals surface area (Å²) in [6.07, 6.45) is 2.38. The molecule has 1 N–H and O–H groups in total. The lowest BCUT2D eigenvalue weighted by molar-refractivity contribution is 0.477. The fourth-order valence-electron chi connectivity index (χ4n) is 2.52. The van der Waals surface area contributed by atoms with E-state index in [-0.39, 0.29) is 16.6 Å². The first kappa shape index (κ1) is 14.7. The van der Waals surface area contributed by atoms with Gasteiger partial charge in [0.25, 0.3) is 0 Å². The Labute approximate surface area is 132 Å². The molecule has 0 unspecified atom stereocenters. The van der Waals surface area contributed by atoms with Crippen LogP contribution in [0.2, 0.25) is 5.02 Å². The van der Waals surface area contributed by atoms with Crippen molar-refractivity contribution in [2.75, 3.05) is 0 Å². The molecule has 0 radical (unpaired) electrons. The Morgan fingerprint density at radius 1 is 1.05 bits per heavy atom. The summed E-state index contributed by atoms with van der Waals surface area (Å²) in [6, 6.07) is 14.0. The van der Waals surface area contributed by atoms with Crippen molar-refractivity contribution >= 4 is 22.6 Å². The second-order valence-corrected chi connectivity index (χ2v) is 5.65. The average molecular weight is 315 g/mol. The van der Waals surface area contributed by atoms with Crippen molar-refractivity contribution in [1.82, 2.24) is 0 Å². The molecule has 0 atom stereocenters. The highest BCUT2D eigenvalue weighted by Gasteiger charge is 2.08. The summed E-state index contributed by atoms with van der Waals surface area (Å²) in [6.45, 7) is 0. The molecule has 3 aromatic rings. The lowest BCUT2D eigenvalue weighted by atomic mass is 10.1. The van der Waals surface area contributed by atoms with Crippen LogP contribution in [0.4, 0.5) is 0 Å². The minimum absolute atomic E-state index is 0.0447. The van der Waals surface area contributed by atoms with Gasteiger partial charge < -0.3 is 9.52 Å². The summed E-state index contributed by atoms with van der Waals surface area (Å²) in [5, 5.41) is 10.7. The Balaban J connectivity index is 1.76. The Hall–Kier alpha value is -2.26. The van der Waals surface area contributed by atoms with Crippen LogP contribution in [0, 0.1) is 0 Å². The number of aromatic hydroxyl groups is 1. The molecule has 1 aromatic heterocycles. The predicted molar refractivity (Wildman–Crippen MR) is 87.6 cm³/mol. The van der Waals surface area contributed by atoms with E-state index in [1.807, 2.05) is 24.3 Å². The zero-order valence-electron chi connectivity index (χ0n) is 11.9. The normalized spacial score (nSPS) is 11.0. The van der Waals surface area contributed by atoms with Crippen LogP contribution in [0.1, 0.15) is 17.7 Å². The van der Waals surface area contributed by atoms with Gasteiger partial charge in [0.15, 0.2) is 5.43 Å². The molecule has 0 aliphatic heterocycles. The number of fused-ring (bicyclic) bond motifs is 1. The van der Waals surface area contributed by atoms with Gasteiger partial charge in [-0.15, -0.1) is 0 Å². The standard InChI is InChI=1S/C18H15ClO3/c19-13-6-1-4-12(10-13)5-2-7-14-11-16(21)18-15(20)8-3-9-17(18)22-14/h1,3-4,6,8-11,20H,2,5,7H2. The molecule has 0 spiro atoms. The van der Waals surface area contributed by atoms with Crippen molar-refractivity contribution in [3.05, 3.63) is 75.1 Å². The number of phenolic OH excluding ortho intramolecular Hbond substituents is 1. The van der Waals surface area contributed by atoms with Gasteiger partial charge in [-0.2, -0.15) is 0 Å². The highest BCUT2D eigenvalue weighted by molar-refractivity contribution is 6.30. The smallest absolute Gasteiger partial charge is 0.196 e. The Morgan fingerprint density at radius 3 is 2.68 bits per heavy atom. The molecule has 0 bridgehead atoms. The van der Waals surface area contributed by atoms with E-state index < -0.39 is 0 Å². The number of rotatable bonds is 4. The average Bonchev–Trinajstić information content (AvgIpc) is 2.47. The maximum atomic E-state index is 12.1. The third-order valence-electron chi connectivity index (χ3n) is 3.56. The molecule has 0 aliphatic carbocycles. The summed E-state index contributed by atoms with van der Waals surface area (Å²) in [4.78, 5) is 12.1. The number of benzene rings is 2. The van der Waals surface area contributed by atoms with Crippen LogP contribution < -0.4 is 5.43 Å². The highest BCUT2D eigenvalue weighted by Crippen LogP contribution is 2.22. The molecular weight excluding hydrogens is 300 g/mol. The van der Waals surface area contributed by atoms with E-state index in [4.69, 9.17) is 16.0 Å². The Bertz CT molecular complexity index is 868. The van der Waals surface area contributed by atoms with Crippen LogP contribution in [-0.2, 0) is 12.8 Å². The molecule has 0 saturated heterocycles. The molecule has 2 aromatic carbocycles. The molecule has 0 saturated carbocycles. The molecular formula is C18H15ClO3. The van der Waals surface area contributed by atoms with Crippen LogP contribution >= 0.6 is 11.6 Å². The molecule has 1 heterocycles. The van der Waals surface area contributed by atoms with Gasteiger partial charge in [-0.1, -0.05) is 29.8 Å². The number of hydrogen-bond acceptors (Lipinski definition) is 3. The summed E-state index contributed by atoms with van der Waals surface area (Å²) >= 11 is 5.96. The van der Waals surface area contributed by atoms with Crippen LogP contribution in [0.15, 0.2) is 57.7 Å². The molecule has 0 amide bonds. The first-order chi connectivity index (χ1) is 10.6. The fraction of sp³-hybridized carbons (Fsp3) is 0.167. The molecule has 112 valence electrons. The number of halogens is 1. The van der Waals surface area contributed by atoms with Gasteiger partial charge in [0.05, 0.1) is 0 Å². The van der Waals surface area contributed by atoms with Crippen LogP contribution in [0.25, 0.3) is 11.0 Å². The first-order valence-corrected chi connectivity index (χ1v) is 7.50. The van der Waals surface area contributed by atoms with E-state index in [1.165, 1.54) is 12.1 Å².